The highest BCUT2D eigenvalue weighted by molar-refractivity contribution is 6.39. The summed E-state index contributed by atoms with van der Waals surface area (Å²) in [5.74, 6) is -2.80. The summed E-state index contributed by atoms with van der Waals surface area (Å²) < 4.78 is 5.23. The molecule has 0 spiro atoms. The van der Waals surface area contributed by atoms with Crippen LogP contribution in [0.1, 0.15) is 25.3 Å². The van der Waals surface area contributed by atoms with Crippen molar-refractivity contribution >= 4 is 46.5 Å². The van der Waals surface area contributed by atoms with Gasteiger partial charge in [0.05, 0.1) is 15.7 Å². The number of ether oxygens (including phenoxy) is 1. The molecule has 0 aliphatic carbocycles. The number of hydrogen-bond donors (Lipinski definition) is 2. The van der Waals surface area contributed by atoms with Crippen molar-refractivity contribution in [1.29, 1.82) is 0 Å². The molecule has 0 aliphatic rings. The van der Waals surface area contributed by atoms with Crippen LogP contribution < -0.4 is 5.32 Å². The second kappa shape index (κ2) is 9.44. The lowest BCUT2D eigenvalue weighted by Crippen LogP contribution is -2.28. The second-order valence-corrected chi connectivity index (χ2v) is 6.58. The lowest BCUT2D eigenvalue weighted by molar-refractivity contribution is -0.149. The average Bonchev–Trinajstić information content (AvgIpc) is 2.59. The Morgan fingerprint density at radius 1 is 1.11 bits per heavy atom. The number of halogens is 2. The maximum Gasteiger partial charge on any atom is 0.330 e. The van der Waals surface area contributed by atoms with Crippen molar-refractivity contribution in [3.63, 3.8) is 0 Å². The monoisotopic (exact) mass is 407 g/mol. The smallest absolute Gasteiger partial charge is 0.330 e. The minimum absolute atomic E-state index is 0.400. The van der Waals surface area contributed by atoms with Crippen LogP contribution in [0.5, 0.6) is 0 Å². The zero-order chi connectivity index (χ0) is 20.0. The van der Waals surface area contributed by atoms with Crippen molar-refractivity contribution in [1.82, 2.24) is 0 Å². The Bertz CT molecular complexity index is 847. The predicted molar refractivity (Wildman–Crippen MR) is 107 cm³/mol. The van der Waals surface area contributed by atoms with Crippen LogP contribution in [-0.4, -0.2) is 23.1 Å². The van der Waals surface area contributed by atoms with Gasteiger partial charge in [-0.05, 0) is 37.6 Å². The van der Waals surface area contributed by atoms with Crippen LogP contribution in [-0.2, 0) is 14.3 Å². The topological polar surface area (TPSA) is 75.6 Å². The molecule has 2 aromatic carbocycles. The first-order valence-corrected chi connectivity index (χ1v) is 8.96. The molecule has 0 bridgehead atoms. The van der Waals surface area contributed by atoms with Crippen molar-refractivity contribution in [2.75, 3.05) is 5.32 Å². The number of hydrogen-bond acceptors (Lipinski definition) is 4. The summed E-state index contributed by atoms with van der Waals surface area (Å²) in [6, 6.07) is 11.9. The number of anilines is 2. The summed E-state index contributed by atoms with van der Waals surface area (Å²) >= 11 is 12.4. The normalized spacial score (nSPS) is 13.2. The molecule has 0 fully saturated rings. The molecule has 0 radical (unpaired) electrons. The van der Waals surface area contributed by atoms with E-state index in [2.05, 4.69) is 5.32 Å². The highest BCUT2D eigenvalue weighted by atomic mass is 35.5. The van der Waals surface area contributed by atoms with Crippen LogP contribution >= 0.6 is 23.2 Å². The molecule has 0 saturated heterocycles. The summed E-state index contributed by atoms with van der Waals surface area (Å²) in [5, 5.41) is 13.6. The van der Waals surface area contributed by atoms with E-state index in [4.69, 9.17) is 27.9 Å². The van der Waals surface area contributed by atoms with Crippen LogP contribution in [0.25, 0.3) is 0 Å². The van der Waals surface area contributed by atoms with Crippen molar-refractivity contribution in [3.8, 4) is 0 Å². The number of carboxylic acid groups (broad SMARTS) is 1. The van der Waals surface area contributed by atoms with Gasteiger partial charge < -0.3 is 15.2 Å². The van der Waals surface area contributed by atoms with Gasteiger partial charge in [0.2, 0.25) is 0 Å². The van der Waals surface area contributed by atoms with E-state index in [0.29, 0.717) is 27.0 Å². The van der Waals surface area contributed by atoms with Gasteiger partial charge in [-0.2, -0.15) is 0 Å². The van der Waals surface area contributed by atoms with Gasteiger partial charge in [-0.25, -0.2) is 4.79 Å². The zero-order valence-electron chi connectivity index (χ0n) is 14.8. The van der Waals surface area contributed by atoms with Gasteiger partial charge >= 0.3 is 11.9 Å². The summed E-state index contributed by atoms with van der Waals surface area (Å²) in [6.45, 7) is 3.21. The molecular formula is C20H19Cl2NO4. The molecule has 2 aromatic rings. The Morgan fingerprint density at radius 3 is 2.33 bits per heavy atom. The fraction of sp³-hybridized carbons (Fsp3) is 0.200. The molecule has 5 nitrogen and oxygen atoms in total. The number of allylic oxidation sites excluding steroid dienone is 1. The van der Waals surface area contributed by atoms with Gasteiger partial charge in [0.15, 0.2) is 0 Å². The van der Waals surface area contributed by atoms with Gasteiger partial charge in [-0.15, -0.1) is 0 Å². The standard InChI is InChI=1S/C20H19Cl2NO4/c1-3-7-17(24)27-12(2)18(20(25)26)13-8-4-5-11-16(13)23-19-14(21)9-6-10-15(19)22/h3-12,18,23H,1-2H3,(H,25,26). The van der Waals surface area contributed by atoms with E-state index >= 15 is 0 Å². The molecule has 2 rings (SSSR count). The Morgan fingerprint density at radius 2 is 1.74 bits per heavy atom. The molecule has 0 heterocycles. The maximum atomic E-state index is 11.9. The van der Waals surface area contributed by atoms with Crippen molar-refractivity contribution in [3.05, 3.63) is 70.2 Å². The Kier molecular flexibility index (Phi) is 7.28. The number of carbonyl (C=O) groups is 2. The summed E-state index contributed by atoms with van der Waals surface area (Å²) in [5.41, 5.74) is 1.42. The van der Waals surface area contributed by atoms with E-state index in [0.717, 1.165) is 0 Å². The molecule has 0 aromatic heterocycles. The number of nitrogens with one attached hydrogen (secondary N) is 1. The van der Waals surface area contributed by atoms with Crippen LogP contribution in [0.3, 0.4) is 0 Å². The van der Waals surface area contributed by atoms with Gasteiger partial charge in [-0.1, -0.05) is 53.5 Å². The van der Waals surface area contributed by atoms with Crippen molar-refractivity contribution < 1.29 is 19.4 Å². The van der Waals surface area contributed by atoms with Crippen molar-refractivity contribution in [2.45, 2.75) is 25.9 Å². The Hall–Kier alpha value is -2.50. The van der Waals surface area contributed by atoms with Gasteiger partial charge in [0, 0.05) is 11.8 Å². The third-order valence-corrected chi connectivity index (χ3v) is 4.49. The first kappa shape index (κ1) is 20.8. The first-order chi connectivity index (χ1) is 12.8. The highest BCUT2D eigenvalue weighted by Gasteiger charge is 2.31. The molecule has 142 valence electrons. The number of para-hydroxylation sites is 2. The largest absolute Gasteiger partial charge is 0.481 e. The van der Waals surface area contributed by atoms with E-state index in [1.54, 1.807) is 56.3 Å². The summed E-state index contributed by atoms with van der Waals surface area (Å²) in [7, 11) is 0. The molecule has 0 aliphatic heterocycles. The van der Waals surface area contributed by atoms with Crippen LogP contribution in [0.15, 0.2) is 54.6 Å². The van der Waals surface area contributed by atoms with Gasteiger partial charge in [0.25, 0.3) is 0 Å². The lowest BCUT2D eigenvalue weighted by atomic mass is 9.92. The Balaban J connectivity index is 2.41. The molecule has 27 heavy (non-hydrogen) atoms. The van der Waals surface area contributed by atoms with E-state index in [1.165, 1.54) is 12.2 Å². The van der Waals surface area contributed by atoms with Crippen LogP contribution in [0, 0.1) is 0 Å². The lowest BCUT2D eigenvalue weighted by Gasteiger charge is -2.23. The molecule has 2 N–H and O–H groups in total. The molecule has 0 saturated carbocycles. The van der Waals surface area contributed by atoms with Gasteiger partial charge in [-0.3, -0.25) is 4.79 Å². The van der Waals surface area contributed by atoms with Crippen molar-refractivity contribution in [2.24, 2.45) is 0 Å². The first-order valence-electron chi connectivity index (χ1n) is 8.21. The molecular weight excluding hydrogens is 389 g/mol. The number of carboxylic acids is 1. The third kappa shape index (κ3) is 5.25. The molecule has 0 amide bonds. The van der Waals surface area contributed by atoms with Crippen LogP contribution in [0.4, 0.5) is 11.4 Å². The maximum absolute atomic E-state index is 11.9. The van der Waals surface area contributed by atoms with E-state index < -0.39 is 24.0 Å². The fourth-order valence-electron chi connectivity index (χ4n) is 2.65. The van der Waals surface area contributed by atoms with Gasteiger partial charge in [0.1, 0.15) is 12.0 Å². The average molecular weight is 408 g/mol. The molecule has 2 atom stereocenters. The number of benzene rings is 2. The Labute approximate surface area is 167 Å². The summed E-state index contributed by atoms with van der Waals surface area (Å²) in [6.07, 6.45) is 1.87. The SMILES string of the molecule is CC=CC(=O)OC(C)C(C(=O)O)c1ccccc1Nc1c(Cl)cccc1Cl. The van der Waals surface area contributed by atoms with Crippen LogP contribution in [0.2, 0.25) is 10.0 Å². The number of esters is 1. The summed E-state index contributed by atoms with van der Waals surface area (Å²) in [4.78, 5) is 23.7. The zero-order valence-corrected chi connectivity index (χ0v) is 16.3. The second-order valence-electron chi connectivity index (χ2n) is 5.77. The van der Waals surface area contributed by atoms with E-state index in [-0.39, 0.29) is 0 Å². The third-order valence-electron chi connectivity index (χ3n) is 3.86. The minimum atomic E-state index is -1.12. The van der Waals surface area contributed by atoms with E-state index in [1.807, 2.05) is 0 Å². The number of aliphatic carboxylic acids is 1. The fourth-order valence-corrected chi connectivity index (χ4v) is 3.14. The predicted octanol–water partition coefficient (Wildman–Crippen LogP) is 5.41. The minimum Gasteiger partial charge on any atom is -0.481 e. The number of rotatable bonds is 7. The molecule has 7 heteroatoms. The highest BCUT2D eigenvalue weighted by Crippen LogP contribution is 2.36. The van der Waals surface area contributed by atoms with E-state index in [9.17, 15) is 14.7 Å². The number of carbonyl (C=O) groups excluding carboxylic acids is 1. The quantitative estimate of drug-likeness (QED) is 0.473. The molecule has 2 unspecified atom stereocenters.